The lowest BCUT2D eigenvalue weighted by molar-refractivity contribution is -0.144. The van der Waals surface area contributed by atoms with Crippen LogP contribution in [0.2, 0.25) is 0 Å². The minimum atomic E-state index is -4.74. The van der Waals surface area contributed by atoms with E-state index < -0.39 is 18.1 Å². The molecule has 13 heteroatoms. The second-order valence-electron chi connectivity index (χ2n) is 9.85. The van der Waals surface area contributed by atoms with Gasteiger partial charge < -0.3 is 25.0 Å². The number of carbonyl (C=O) groups excluding carboxylic acids is 1. The molecule has 40 heavy (non-hydrogen) atoms. The number of alkyl halides is 3. The van der Waals surface area contributed by atoms with E-state index in [1.807, 2.05) is 18.2 Å². The van der Waals surface area contributed by atoms with Gasteiger partial charge in [0.2, 0.25) is 11.8 Å². The number of aryl methyl sites for hydroxylation is 2. The normalized spacial score (nSPS) is 17.6. The molecule has 1 unspecified atom stereocenters. The summed E-state index contributed by atoms with van der Waals surface area (Å²) in [6, 6.07) is 11.1. The first-order valence-corrected chi connectivity index (χ1v) is 13.4. The van der Waals surface area contributed by atoms with E-state index in [4.69, 9.17) is 4.74 Å². The zero-order valence-electron chi connectivity index (χ0n) is 22.2. The first kappa shape index (κ1) is 27.7. The van der Waals surface area contributed by atoms with Gasteiger partial charge in [-0.1, -0.05) is 12.1 Å². The average molecular weight is 560 g/mol. The quantitative estimate of drug-likeness (QED) is 0.307. The number of rotatable bonds is 8. The van der Waals surface area contributed by atoms with Gasteiger partial charge in [0.05, 0.1) is 13.7 Å². The number of halogens is 3. The van der Waals surface area contributed by atoms with Crippen LogP contribution in [0.15, 0.2) is 36.4 Å². The van der Waals surface area contributed by atoms with Gasteiger partial charge in [-0.25, -0.2) is 4.79 Å². The standard InChI is InChI=1S/C27H32F3N7O3/c1-39-26(38)31-13-16-40-23-6-4-5-22(33-23)37-25(34-24(35-37)27(28,29)30)32-20-10-7-18-8-11-21(12-9-19(18)17-20)36-14-2-3-15-36/h4-7,10,17,21H,2-3,8-9,11-16H2,1H3,(H,31,38)(H,32,34,35). The lowest BCUT2D eigenvalue weighted by Crippen LogP contribution is -2.32. The molecule has 1 aliphatic carbocycles. The zero-order valence-corrected chi connectivity index (χ0v) is 22.2. The Morgan fingerprint density at radius 2 is 1.85 bits per heavy atom. The van der Waals surface area contributed by atoms with E-state index in [0.29, 0.717) is 11.7 Å². The van der Waals surface area contributed by atoms with Crippen molar-refractivity contribution in [3.05, 3.63) is 53.3 Å². The summed E-state index contributed by atoms with van der Waals surface area (Å²) in [7, 11) is 1.25. The molecule has 1 atom stereocenters. The third kappa shape index (κ3) is 6.64. The summed E-state index contributed by atoms with van der Waals surface area (Å²) in [5.41, 5.74) is 3.10. The fourth-order valence-corrected chi connectivity index (χ4v) is 5.23. The number of amides is 1. The summed E-state index contributed by atoms with van der Waals surface area (Å²) in [6.45, 7) is 2.56. The Morgan fingerprint density at radius 3 is 2.60 bits per heavy atom. The Hall–Kier alpha value is -3.87. The van der Waals surface area contributed by atoms with Crippen molar-refractivity contribution in [2.45, 2.75) is 50.7 Å². The third-order valence-corrected chi connectivity index (χ3v) is 7.21. The van der Waals surface area contributed by atoms with Crippen molar-refractivity contribution in [1.82, 2.24) is 30.0 Å². The number of hydrogen-bond donors (Lipinski definition) is 2. The molecule has 214 valence electrons. The third-order valence-electron chi connectivity index (χ3n) is 7.21. The summed E-state index contributed by atoms with van der Waals surface area (Å²) in [5, 5.41) is 9.19. The van der Waals surface area contributed by atoms with Gasteiger partial charge in [-0.15, -0.1) is 5.10 Å². The number of carbonyl (C=O) groups is 1. The van der Waals surface area contributed by atoms with Crippen LogP contribution < -0.4 is 15.4 Å². The van der Waals surface area contributed by atoms with E-state index in [1.54, 1.807) is 12.1 Å². The fraction of sp³-hybridized carbons (Fsp3) is 0.481. The fourth-order valence-electron chi connectivity index (χ4n) is 5.23. The molecule has 1 amide bonds. The number of fused-ring (bicyclic) bond motifs is 1. The lowest BCUT2D eigenvalue weighted by Gasteiger charge is -2.25. The predicted octanol–water partition coefficient (Wildman–Crippen LogP) is 4.50. The molecule has 1 aliphatic heterocycles. The van der Waals surface area contributed by atoms with Gasteiger partial charge in [0.15, 0.2) is 5.82 Å². The van der Waals surface area contributed by atoms with Gasteiger partial charge in [-0.3, -0.25) is 0 Å². The monoisotopic (exact) mass is 559 g/mol. The van der Waals surface area contributed by atoms with Crippen LogP contribution in [0, 0.1) is 0 Å². The average Bonchev–Trinajstić information content (AvgIpc) is 3.58. The Labute approximate surface area is 229 Å². The molecule has 0 bridgehead atoms. The molecule has 5 rings (SSSR count). The van der Waals surface area contributed by atoms with Gasteiger partial charge in [-0.2, -0.15) is 27.8 Å². The molecule has 1 fully saturated rings. The first-order chi connectivity index (χ1) is 19.3. The Bertz CT molecular complexity index is 1320. The van der Waals surface area contributed by atoms with Crippen molar-refractivity contribution in [1.29, 1.82) is 0 Å². The van der Waals surface area contributed by atoms with Crippen LogP contribution in [0.5, 0.6) is 5.88 Å². The van der Waals surface area contributed by atoms with Crippen molar-refractivity contribution < 1.29 is 27.4 Å². The number of ether oxygens (including phenoxy) is 2. The number of methoxy groups -OCH3 is 1. The molecule has 10 nitrogen and oxygen atoms in total. The zero-order chi connectivity index (χ0) is 28.1. The van der Waals surface area contributed by atoms with E-state index in [9.17, 15) is 18.0 Å². The summed E-state index contributed by atoms with van der Waals surface area (Å²) in [6.07, 6.45) is 1.25. The number of aromatic nitrogens is 4. The number of nitrogens with zero attached hydrogens (tertiary/aromatic N) is 5. The highest BCUT2D eigenvalue weighted by molar-refractivity contribution is 5.66. The Balaban J connectivity index is 1.34. The number of nitrogens with one attached hydrogen (secondary N) is 2. The molecule has 2 aromatic heterocycles. The number of pyridine rings is 1. The van der Waals surface area contributed by atoms with Crippen LogP contribution in [-0.4, -0.2) is 70.1 Å². The predicted molar refractivity (Wildman–Crippen MR) is 141 cm³/mol. The summed E-state index contributed by atoms with van der Waals surface area (Å²) >= 11 is 0. The number of anilines is 2. The van der Waals surface area contributed by atoms with Gasteiger partial charge in [-0.05, 0) is 80.9 Å². The smallest absolute Gasteiger partial charge is 0.453 e. The van der Waals surface area contributed by atoms with E-state index >= 15 is 0 Å². The van der Waals surface area contributed by atoms with E-state index in [2.05, 4.69) is 35.3 Å². The number of alkyl carbamates (subject to hydrolysis) is 1. The highest BCUT2D eigenvalue weighted by Gasteiger charge is 2.37. The molecule has 0 radical (unpaired) electrons. The number of hydrogen-bond acceptors (Lipinski definition) is 8. The molecule has 3 heterocycles. The van der Waals surface area contributed by atoms with Crippen LogP contribution >= 0.6 is 0 Å². The maximum Gasteiger partial charge on any atom is 0.453 e. The van der Waals surface area contributed by atoms with E-state index in [-0.39, 0.29) is 30.8 Å². The van der Waals surface area contributed by atoms with Crippen LogP contribution in [0.4, 0.5) is 29.6 Å². The molecule has 0 saturated carbocycles. The Morgan fingerprint density at radius 1 is 1.07 bits per heavy atom. The molecular formula is C27H32F3N7O3. The Kier molecular flexibility index (Phi) is 8.38. The molecule has 2 N–H and O–H groups in total. The van der Waals surface area contributed by atoms with Crippen molar-refractivity contribution in [3.8, 4) is 11.7 Å². The maximum atomic E-state index is 13.6. The van der Waals surface area contributed by atoms with Crippen molar-refractivity contribution in [2.24, 2.45) is 0 Å². The summed E-state index contributed by atoms with van der Waals surface area (Å²) in [5.74, 6) is -1.16. The van der Waals surface area contributed by atoms with Gasteiger partial charge in [0, 0.05) is 17.8 Å². The minimum Gasteiger partial charge on any atom is -0.476 e. The van der Waals surface area contributed by atoms with Crippen LogP contribution in [-0.2, 0) is 23.8 Å². The van der Waals surface area contributed by atoms with Crippen LogP contribution in [0.1, 0.15) is 42.6 Å². The molecule has 3 aromatic rings. The van der Waals surface area contributed by atoms with Gasteiger partial charge >= 0.3 is 12.3 Å². The van der Waals surface area contributed by atoms with Crippen molar-refractivity contribution in [2.75, 3.05) is 38.7 Å². The SMILES string of the molecule is COC(=O)NCCOc1cccc(-n2nc(C(F)(F)F)nc2Nc2ccc3c(c2)CCC(N2CCCC2)CC3)n1. The molecule has 1 saturated heterocycles. The molecule has 2 aliphatic rings. The van der Waals surface area contributed by atoms with Crippen LogP contribution in [0.3, 0.4) is 0 Å². The van der Waals surface area contributed by atoms with Gasteiger partial charge in [0.25, 0.3) is 5.82 Å². The highest BCUT2D eigenvalue weighted by atomic mass is 19.4. The second kappa shape index (κ2) is 12.1. The van der Waals surface area contributed by atoms with Crippen molar-refractivity contribution >= 4 is 17.7 Å². The number of likely N-dealkylation sites (tertiary alicyclic amines) is 1. The molecule has 0 spiro atoms. The molecular weight excluding hydrogens is 527 g/mol. The first-order valence-electron chi connectivity index (χ1n) is 13.4. The van der Waals surface area contributed by atoms with E-state index in [0.717, 1.165) is 43.5 Å². The summed E-state index contributed by atoms with van der Waals surface area (Å²) < 4.78 is 51.8. The van der Waals surface area contributed by atoms with Gasteiger partial charge in [0.1, 0.15) is 6.61 Å². The maximum absolute atomic E-state index is 13.6. The topological polar surface area (TPSA) is 106 Å². The minimum absolute atomic E-state index is 0.0789. The van der Waals surface area contributed by atoms with Crippen molar-refractivity contribution in [3.63, 3.8) is 0 Å². The molecule has 1 aromatic carbocycles. The highest BCUT2D eigenvalue weighted by Crippen LogP contribution is 2.31. The lowest BCUT2D eigenvalue weighted by atomic mass is 10.0. The number of benzene rings is 1. The van der Waals surface area contributed by atoms with Crippen LogP contribution in [0.25, 0.3) is 5.82 Å². The van der Waals surface area contributed by atoms with E-state index in [1.165, 1.54) is 37.1 Å². The second-order valence-corrected chi connectivity index (χ2v) is 9.85. The summed E-state index contributed by atoms with van der Waals surface area (Å²) in [4.78, 5) is 21.8. The largest absolute Gasteiger partial charge is 0.476 e.